The van der Waals surface area contributed by atoms with Crippen molar-refractivity contribution in [3.8, 4) is 0 Å². The van der Waals surface area contributed by atoms with Crippen LogP contribution in [-0.4, -0.2) is 20.4 Å². The van der Waals surface area contributed by atoms with E-state index in [9.17, 15) is 13.2 Å². The summed E-state index contributed by atoms with van der Waals surface area (Å²) in [7, 11) is -3.77. The molecule has 5 nitrogen and oxygen atoms in total. The molecule has 3 aromatic rings. The fourth-order valence-corrected chi connectivity index (χ4v) is 5.43. The van der Waals surface area contributed by atoms with Crippen molar-refractivity contribution in [1.29, 1.82) is 0 Å². The number of amides is 1. The van der Waals surface area contributed by atoms with E-state index < -0.39 is 10.0 Å². The summed E-state index contributed by atoms with van der Waals surface area (Å²) in [6, 6.07) is 23.2. The number of para-hydroxylation sites is 1. The van der Waals surface area contributed by atoms with Gasteiger partial charge >= 0.3 is 0 Å². The number of sulfonamides is 1. The summed E-state index contributed by atoms with van der Waals surface area (Å²) >= 11 is 0. The van der Waals surface area contributed by atoms with Crippen LogP contribution in [0, 0.1) is 0 Å². The number of carbonyl (C=O) groups excluding carboxylic acids is 1. The summed E-state index contributed by atoms with van der Waals surface area (Å²) < 4.78 is 28.2. The van der Waals surface area contributed by atoms with Gasteiger partial charge in [-0.2, -0.15) is 0 Å². The van der Waals surface area contributed by atoms with E-state index in [2.05, 4.69) is 5.32 Å². The number of hydrogen-bond donors (Lipinski definition) is 1. The Kier molecular flexibility index (Phi) is 5.11. The van der Waals surface area contributed by atoms with Crippen molar-refractivity contribution in [2.75, 3.05) is 4.31 Å². The lowest BCUT2D eigenvalue weighted by Gasteiger charge is -2.24. The van der Waals surface area contributed by atoms with Gasteiger partial charge in [-0.05, 0) is 48.7 Å². The molecule has 0 unspecified atom stereocenters. The summed E-state index contributed by atoms with van der Waals surface area (Å²) in [5, 5.41) is 2.84. The molecule has 0 spiro atoms. The van der Waals surface area contributed by atoms with Crippen molar-refractivity contribution in [2.45, 2.75) is 30.8 Å². The van der Waals surface area contributed by atoms with Gasteiger partial charge in [0.05, 0.1) is 10.6 Å². The van der Waals surface area contributed by atoms with Crippen molar-refractivity contribution < 1.29 is 13.2 Å². The highest BCUT2D eigenvalue weighted by Crippen LogP contribution is 2.36. The van der Waals surface area contributed by atoms with E-state index in [0.29, 0.717) is 24.2 Å². The maximum atomic E-state index is 13.4. The van der Waals surface area contributed by atoms with Crippen LogP contribution in [0.15, 0.2) is 83.8 Å². The van der Waals surface area contributed by atoms with E-state index in [0.717, 1.165) is 11.1 Å². The maximum Gasteiger partial charge on any atom is 0.264 e. The minimum absolute atomic E-state index is 0.119. The number of benzene rings is 3. The summed E-state index contributed by atoms with van der Waals surface area (Å²) in [5.41, 5.74) is 3.02. The summed E-state index contributed by atoms with van der Waals surface area (Å²) in [6.07, 6.45) is 0.673. The predicted octanol–water partition coefficient (Wildman–Crippen LogP) is 3.76. The van der Waals surface area contributed by atoms with E-state index in [1.54, 1.807) is 12.1 Å². The normalized spacial score (nSPS) is 15.8. The first kappa shape index (κ1) is 19.2. The second kappa shape index (κ2) is 7.72. The lowest BCUT2D eigenvalue weighted by atomic mass is 10.1. The largest absolute Gasteiger partial charge is 0.348 e. The van der Waals surface area contributed by atoms with Gasteiger partial charge in [0.2, 0.25) is 0 Å². The second-order valence-corrected chi connectivity index (χ2v) is 8.99. The molecule has 0 fully saturated rings. The van der Waals surface area contributed by atoms with Gasteiger partial charge < -0.3 is 5.32 Å². The molecule has 0 radical (unpaired) electrons. The first-order valence-corrected chi connectivity index (χ1v) is 11.0. The summed E-state index contributed by atoms with van der Waals surface area (Å²) in [6.45, 7) is 2.28. The van der Waals surface area contributed by atoms with Gasteiger partial charge in [-0.25, -0.2) is 8.42 Å². The maximum absolute atomic E-state index is 13.4. The number of rotatable bonds is 5. The highest BCUT2D eigenvalue weighted by atomic mass is 32.2. The smallest absolute Gasteiger partial charge is 0.264 e. The number of hydrogen-bond acceptors (Lipinski definition) is 3. The van der Waals surface area contributed by atoms with Gasteiger partial charge in [0, 0.05) is 18.2 Å². The fourth-order valence-electron chi connectivity index (χ4n) is 3.70. The minimum Gasteiger partial charge on any atom is -0.348 e. The Morgan fingerprint density at radius 2 is 1.72 bits per heavy atom. The zero-order valence-electron chi connectivity index (χ0n) is 16.1. The molecule has 4 rings (SSSR count). The van der Waals surface area contributed by atoms with Crippen molar-refractivity contribution in [3.63, 3.8) is 0 Å². The van der Waals surface area contributed by atoms with Gasteiger partial charge in [-0.3, -0.25) is 9.10 Å². The Morgan fingerprint density at radius 1 is 1.00 bits per heavy atom. The second-order valence-electron chi connectivity index (χ2n) is 7.18. The molecule has 1 atom stereocenters. The van der Waals surface area contributed by atoms with E-state index in [1.165, 1.54) is 16.4 Å². The highest BCUT2D eigenvalue weighted by Gasteiger charge is 2.36. The average Bonchev–Trinajstić information content (AvgIpc) is 3.09. The lowest BCUT2D eigenvalue weighted by Crippen LogP contribution is -2.35. The molecule has 0 aromatic heterocycles. The number of nitrogens with one attached hydrogen (secondary N) is 1. The van der Waals surface area contributed by atoms with E-state index in [-0.39, 0.29) is 16.8 Å². The molecule has 148 valence electrons. The Balaban J connectivity index is 1.59. The van der Waals surface area contributed by atoms with Gasteiger partial charge in [0.1, 0.15) is 0 Å². The van der Waals surface area contributed by atoms with Crippen molar-refractivity contribution >= 4 is 21.6 Å². The van der Waals surface area contributed by atoms with Crippen LogP contribution in [0.1, 0.15) is 28.4 Å². The first-order chi connectivity index (χ1) is 14.0. The van der Waals surface area contributed by atoms with Crippen LogP contribution in [0.25, 0.3) is 0 Å². The van der Waals surface area contributed by atoms with Crippen LogP contribution in [-0.2, 0) is 23.0 Å². The van der Waals surface area contributed by atoms with Crippen molar-refractivity contribution in [1.82, 2.24) is 5.32 Å². The van der Waals surface area contributed by atoms with Crippen LogP contribution >= 0.6 is 0 Å². The molecule has 0 saturated heterocycles. The van der Waals surface area contributed by atoms with Crippen LogP contribution in [0.3, 0.4) is 0 Å². The minimum atomic E-state index is -3.77. The standard InChI is InChI=1S/C23H22N2O3S/c1-17-14-19-10-5-6-13-22(19)25(17)29(27,28)21-12-7-11-20(15-21)23(26)24-16-18-8-3-2-4-9-18/h2-13,15,17H,14,16H2,1H3,(H,24,26)/t17-/m1/s1. The van der Waals surface area contributed by atoms with E-state index >= 15 is 0 Å². The summed E-state index contributed by atoms with van der Waals surface area (Å²) in [5.74, 6) is -0.305. The molecule has 3 aromatic carbocycles. The van der Waals surface area contributed by atoms with Gasteiger partial charge in [-0.15, -0.1) is 0 Å². The average molecular weight is 407 g/mol. The first-order valence-electron chi connectivity index (χ1n) is 9.51. The molecule has 29 heavy (non-hydrogen) atoms. The highest BCUT2D eigenvalue weighted by molar-refractivity contribution is 7.92. The molecule has 1 amide bonds. The Bertz CT molecular complexity index is 1140. The molecule has 0 aliphatic carbocycles. The van der Waals surface area contributed by atoms with Crippen molar-refractivity contribution in [3.05, 3.63) is 95.6 Å². The monoisotopic (exact) mass is 406 g/mol. The van der Waals surface area contributed by atoms with Crippen LogP contribution in [0.5, 0.6) is 0 Å². The SMILES string of the molecule is C[C@@H]1Cc2ccccc2N1S(=O)(=O)c1cccc(C(=O)NCc2ccccc2)c1. The molecule has 1 heterocycles. The van der Waals surface area contributed by atoms with Gasteiger partial charge in [0.25, 0.3) is 15.9 Å². The van der Waals surface area contributed by atoms with Crippen molar-refractivity contribution in [2.24, 2.45) is 0 Å². The third kappa shape index (κ3) is 3.76. The zero-order chi connectivity index (χ0) is 20.4. The third-order valence-electron chi connectivity index (χ3n) is 5.09. The molecular formula is C23H22N2O3S. The zero-order valence-corrected chi connectivity index (χ0v) is 16.9. The number of fused-ring (bicyclic) bond motifs is 1. The number of nitrogens with zero attached hydrogens (tertiary/aromatic N) is 1. The Hall–Kier alpha value is -3.12. The lowest BCUT2D eigenvalue weighted by molar-refractivity contribution is 0.0950. The fraction of sp³-hybridized carbons (Fsp3) is 0.174. The molecule has 1 aliphatic heterocycles. The summed E-state index contributed by atoms with van der Waals surface area (Å²) in [4.78, 5) is 12.7. The molecule has 1 N–H and O–H groups in total. The molecular weight excluding hydrogens is 384 g/mol. The Morgan fingerprint density at radius 3 is 2.52 bits per heavy atom. The molecule has 0 bridgehead atoms. The Labute approximate surface area is 171 Å². The molecule has 0 saturated carbocycles. The molecule has 1 aliphatic rings. The van der Waals surface area contributed by atoms with Crippen LogP contribution < -0.4 is 9.62 Å². The van der Waals surface area contributed by atoms with Crippen LogP contribution in [0.4, 0.5) is 5.69 Å². The van der Waals surface area contributed by atoms with Crippen LogP contribution in [0.2, 0.25) is 0 Å². The third-order valence-corrected chi connectivity index (χ3v) is 7.02. The number of carbonyl (C=O) groups is 1. The van der Waals surface area contributed by atoms with Gasteiger partial charge in [0.15, 0.2) is 0 Å². The quantitative estimate of drug-likeness (QED) is 0.702. The molecule has 6 heteroatoms. The topological polar surface area (TPSA) is 66.5 Å². The van der Waals surface area contributed by atoms with E-state index in [4.69, 9.17) is 0 Å². The van der Waals surface area contributed by atoms with E-state index in [1.807, 2.05) is 61.5 Å². The number of anilines is 1. The predicted molar refractivity (Wildman–Crippen MR) is 113 cm³/mol. The van der Waals surface area contributed by atoms with Gasteiger partial charge in [-0.1, -0.05) is 54.6 Å².